The first-order valence-corrected chi connectivity index (χ1v) is 26.9. The molecule has 0 aliphatic heterocycles. The molecule has 446 valence electrons. The van der Waals surface area contributed by atoms with Gasteiger partial charge < -0.3 is 44.5 Å². The number of carbonyl (C=O) groups is 5. The number of aromatic hydroxyl groups is 1. The zero-order valence-corrected chi connectivity index (χ0v) is 48.9. The smallest absolute Gasteiger partial charge is 0.341 e. The molecule has 6 aromatic carbocycles. The maximum atomic E-state index is 13.2. The minimum absolute atomic E-state index is 0. The van der Waals surface area contributed by atoms with E-state index in [1.54, 1.807) is 73.2 Å². The first kappa shape index (κ1) is 65.7. The summed E-state index contributed by atoms with van der Waals surface area (Å²) < 4.78 is 64.5. The Kier molecular flexibility index (Phi) is 22.9. The Morgan fingerprint density at radius 1 is 0.471 bits per heavy atom. The summed E-state index contributed by atoms with van der Waals surface area (Å²) in [5.41, 5.74) is 7.85. The third kappa shape index (κ3) is 15.9. The van der Waals surface area contributed by atoms with Crippen LogP contribution in [-0.2, 0) is 33.5 Å². The molecule has 0 aliphatic rings. The Morgan fingerprint density at radius 3 is 1.20 bits per heavy atom. The van der Waals surface area contributed by atoms with Gasteiger partial charge in [0.25, 0.3) is 5.91 Å². The van der Waals surface area contributed by atoms with Gasteiger partial charge in [-0.3, -0.25) is 19.7 Å². The number of carboxylic acids is 1. The van der Waals surface area contributed by atoms with Crippen LogP contribution in [0.2, 0.25) is 0 Å². The predicted octanol–water partition coefficient (Wildman–Crippen LogP) is 11.8. The van der Waals surface area contributed by atoms with Crippen LogP contribution in [0.4, 0.5) is 13.2 Å². The molecule has 0 atom stereocenters. The summed E-state index contributed by atoms with van der Waals surface area (Å²) >= 11 is 0. The molecule has 21 heteroatoms. The van der Waals surface area contributed by atoms with Crippen molar-refractivity contribution >= 4 is 68.2 Å². The number of phenols is 1. The Bertz CT molecular complexity index is 4000. The summed E-state index contributed by atoms with van der Waals surface area (Å²) in [6.07, 6.45) is 8.06. The summed E-state index contributed by atoms with van der Waals surface area (Å²) in [6.45, 7) is 9.36. The van der Waals surface area contributed by atoms with Crippen molar-refractivity contribution < 1.29 is 77.2 Å². The third-order valence-corrected chi connectivity index (χ3v) is 13.5. The summed E-state index contributed by atoms with van der Waals surface area (Å²) in [4.78, 5) is 74.0. The van der Waals surface area contributed by atoms with Crippen LogP contribution in [0.25, 0.3) is 38.4 Å². The van der Waals surface area contributed by atoms with E-state index < -0.39 is 23.9 Å². The van der Waals surface area contributed by atoms with Crippen molar-refractivity contribution in [2.24, 2.45) is 0 Å². The van der Waals surface area contributed by atoms with E-state index in [1.807, 2.05) is 13.0 Å². The van der Waals surface area contributed by atoms with Crippen molar-refractivity contribution in [3.05, 3.63) is 219 Å². The molecule has 0 saturated heterocycles. The van der Waals surface area contributed by atoms with Crippen molar-refractivity contribution in [1.82, 2.24) is 25.6 Å². The van der Waals surface area contributed by atoms with Gasteiger partial charge in [0.1, 0.15) is 50.7 Å². The number of benzene rings is 6. The molecule has 0 unspecified atom stereocenters. The van der Waals surface area contributed by atoms with Crippen LogP contribution in [0.5, 0.6) is 17.2 Å². The largest absolute Gasteiger partial charge is 0.505 e. The fourth-order valence-corrected chi connectivity index (χ4v) is 9.26. The van der Waals surface area contributed by atoms with Crippen LogP contribution in [0.15, 0.2) is 134 Å². The number of amides is 1. The van der Waals surface area contributed by atoms with E-state index >= 15 is 0 Å². The average Bonchev–Trinajstić information content (AvgIpc) is 0.953. The molecule has 17 nitrogen and oxygen atoms in total. The Morgan fingerprint density at radius 2 is 0.816 bits per heavy atom. The summed E-state index contributed by atoms with van der Waals surface area (Å²) in [6, 6.07) is 28.2. The third-order valence-electron chi connectivity index (χ3n) is 13.5. The van der Waals surface area contributed by atoms with Crippen molar-refractivity contribution in [3.63, 3.8) is 0 Å². The van der Waals surface area contributed by atoms with Gasteiger partial charge in [0, 0.05) is 70.8 Å². The van der Waals surface area contributed by atoms with E-state index in [2.05, 4.69) is 39.1 Å². The zero-order chi connectivity index (χ0) is 62.2. The number of aromatic nitrogens is 3. The molecule has 0 aliphatic carbocycles. The molecule has 9 aromatic rings. The normalized spacial score (nSPS) is 10.6. The second-order valence-corrected chi connectivity index (χ2v) is 19.4. The Hall–Kier alpha value is -10.5. The van der Waals surface area contributed by atoms with Gasteiger partial charge in [-0.2, -0.15) is 0 Å². The van der Waals surface area contributed by atoms with Crippen LogP contribution in [-0.4, -0.2) is 104 Å². The van der Waals surface area contributed by atoms with Crippen molar-refractivity contribution in [1.29, 1.82) is 0 Å². The number of methoxy groups -OCH3 is 5. The molecule has 9 rings (SSSR count). The molecule has 1 amide bonds. The predicted molar refractivity (Wildman–Crippen MR) is 319 cm³/mol. The SMILES string of the molecule is C=C(NCCC)c1cc(C(=O)OC)c(OC)c2ncc(Cc3ccc(F)cc3)cc12.CCCNC(=O)c1cc(C(=O)OC)c(O)c2ncc(Cc3ccc(F)cc3)cc12.COC(=O)c1cc(C(=O)O)c2cc(Cc3ccc(F)cc3)cnc2c1OC.[He]. The molecule has 3 heterocycles. The number of fused-ring (bicyclic) bond motifs is 3. The summed E-state index contributed by atoms with van der Waals surface area (Å²) in [5, 5.41) is 27.7. The van der Waals surface area contributed by atoms with Gasteiger partial charge in [0.15, 0.2) is 17.2 Å². The average molecular weight is 1180 g/mol. The maximum absolute atomic E-state index is 13.2. The van der Waals surface area contributed by atoms with Crippen LogP contribution < -0.4 is 20.1 Å². The zero-order valence-electron chi connectivity index (χ0n) is 48.9. The number of ether oxygens (including phenoxy) is 5. The Labute approximate surface area is 499 Å². The molecule has 0 bridgehead atoms. The first-order valence-electron chi connectivity index (χ1n) is 26.9. The van der Waals surface area contributed by atoms with E-state index in [9.17, 15) is 47.4 Å². The number of carbonyl (C=O) groups excluding carboxylic acids is 4. The quantitative estimate of drug-likeness (QED) is 0.0435. The molecule has 4 N–H and O–H groups in total. The number of nitrogens with one attached hydrogen (secondary N) is 2. The number of esters is 3. The van der Waals surface area contributed by atoms with Crippen molar-refractivity contribution in [2.45, 2.75) is 46.0 Å². The minimum atomic E-state index is -1.20. The van der Waals surface area contributed by atoms with Crippen LogP contribution >= 0.6 is 0 Å². The van der Waals surface area contributed by atoms with E-state index in [1.165, 1.54) is 84.1 Å². The standard InChI is InChI=1S/C24H25FN2O3.C22H21FN2O4.C20H16FNO5.He/c1-5-10-26-15(2)19-13-21(24(28)30-4)23(29-3)22-20(19)12-17(14-27-22)11-16-6-8-18(25)9-7-16;1-3-8-24-21(27)17-11-18(22(28)29-2)20(26)19-16(17)10-14(12-25-19)9-13-4-6-15(23)7-5-13;1-26-18-16(20(25)27-2)9-15(19(23)24)14-8-12(10-22-17(14)18)7-11-3-5-13(21)6-4-11;/h6-9,12-14,26H,2,5,10-11H2,1,3-4H3;4-7,10-12,26H,3,8-9H2,1-2H3,(H,24,27);3-6,8-10H,7H2,1-2H3,(H,23,24);. The number of hydrogen-bond acceptors (Lipinski definition) is 15. The van der Waals surface area contributed by atoms with E-state index in [-0.39, 0.29) is 74.3 Å². The molecule has 0 radical (unpaired) electrons. The van der Waals surface area contributed by atoms with Crippen molar-refractivity contribution in [3.8, 4) is 17.2 Å². The number of hydrogen-bond donors (Lipinski definition) is 4. The molecule has 87 heavy (non-hydrogen) atoms. The fraction of sp³-hybridized carbons (Fsp3) is 0.212. The van der Waals surface area contributed by atoms with E-state index in [0.717, 1.165) is 63.7 Å². The number of phenolic OH excluding ortho intramolecular Hbond substituents is 1. The van der Waals surface area contributed by atoms with Gasteiger partial charge in [-0.05, 0) is 138 Å². The van der Waals surface area contributed by atoms with Gasteiger partial charge in [0.2, 0.25) is 0 Å². The monoisotopic (exact) mass is 1180 g/mol. The summed E-state index contributed by atoms with van der Waals surface area (Å²) in [5.74, 6) is -4.30. The van der Waals surface area contributed by atoms with Gasteiger partial charge in [-0.25, -0.2) is 32.3 Å². The van der Waals surface area contributed by atoms with Crippen LogP contribution in [0.3, 0.4) is 0 Å². The number of rotatable bonds is 19. The maximum Gasteiger partial charge on any atom is 0.341 e. The summed E-state index contributed by atoms with van der Waals surface area (Å²) in [7, 11) is 6.59. The van der Waals surface area contributed by atoms with E-state index in [4.69, 9.17) is 23.7 Å². The molecule has 0 spiro atoms. The fourth-order valence-electron chi connectivity index (χ4n) is 9.26. The second-order valence-electron chi connectivity index (χ2n) is 19.4. The number of aromatic carboxylic acids is 1. The van der Waals surface area contributed by atoms with Crippen LogP contribution in [0, 0.1) is 23.6 Å². The first-order chi connectivity index (χ1) is 41.4. The molecule has 0 fully saturated rings. The van der Waals surface area contributed by atoms with Gasteiger partial charge in [0.05, 0.1) is 41.1 Å². The Balaban J connectivity index is 0.000000208. The topological polar surface area (TPSA) is 235 Å². The van der Waals surface area contributed by atoms with Gasteiger partial charge in [-0.15, -0.1) is 0 Å². The second kappa shape index (κ2) is 30.4. The van der Waals surface area contributed by atoms with Gasteiger partial charge in [-0.1, -0.05) is 56.8 Å². The number of halogens is 3. The van der Waals surface area contributed by atoms with E-state index in [0.29, 0.717) is 59.1 Å². The molecule has 0 saturated carbocycles. The molecule has 3 aromatic heterocycles. The number of carboxylic acid groups (broad SMARTS) is 1. The number of nitrogens with zero attached hydrogens (tertiary/aromatic N) is 3. The minimum Gasteiger partial charge on any atom is -0.505 e. The van der Waals surface area contributed by atoms with Gasteiger partial charge >= 0.3 is 23.9 Å². The van der Waals surface area contributed by atoms with Crippen molar-refractivity contribution in [2.75, 3.05) is 48.6 Å². The number of pyridine rings is 3. The van der Waals surface area contributed by atoms with Crippen LogP contribution in [0.1, 0.15) is 117 Å². The molecular formula is C66H62F3HeN5O12. The molecular weight excluding hydrogens is 1120 g/mol.